The maximum atomic E-state index is 12.4. The van der Waals surface area contributed by atoms with Crippen LogP contribution in [0.5, 0.6) is 5.75 Å². The van der Waals surface area contributed by atoms with Crippen LogP contribution in [-0.4, -0.2) is 45.0 Å². The van der Waals surface area contributed by atoms with Gasteiger partial charge in [0.15, 0.2) is 11.6 Å². The number of benzene rings is 1. The molecule has 0 aliphatic heterocycles. The maximum absolute atomic E-state index is 12.4. The minimum Gasteiger partial charge on any atom is -0.497 e. The molecule has 0 aliphatic carbocycles. The summed E-state index contributed by atoms with van der Waals surface area (Å²) in [5.41, 5.74) is 1.49. The van der Waals surface area contributed by atoms with E-state index in [2.05, 4.69) is 20.7 Å². The van der Waals surface area contributed by atoms with Crippen molar-refractivity contribution in [1.82, 2.24) is 30.1 Å². The number of amides is 2. The fourth-order valence-corrected chi connectivity index (χ4v) is 2.70. The topological polar surface area (TPSA) is 98.3 Å². The Kier molecular flexibility index (Phi) is 5.93. The molecule has 0 bridgehead atoms. The lowest BCUT2D eigenvalue weighted by atomic mass is 10.1. The van der Waals surface area contributed by atoms with Crippen LogP contribution in [0, 0.1) is 0 Å². The number of ether oxygens (including phenoxy) is 1. The normalized spacial score (nSPS) is 10.9. The number of carbonyl (C=O) groups excluding carboxylic acids is 1. The SMILES string of the molecule is COc1cccc(-c2cc(CNC(=O)N(C)Cc3nncn3C(C)C)no2)c1. The van der Waals surface area contributed by atoms with Crippen LogP contribution in [0.1, 0.15) is 31.4 Å². The highest BCUT2D eigenvalue weighted by atomic mass is 16.5. The predicted molar refractivity (Wildman–Crippen MR) is 103 cm³/mol. The molecule has 9 heteroatoms. The van der Waals surface area contributed by atoms with Crippen molar-refractivity contribution >= 4 is 6.03 Å². The Morgan fingerprint density at radius 1 is 1.36 bits per heavy atom. The summed E-state index contributed by atoms with van der Waals surface area (Å²) in [5.74, 6) is 2.08. The van der Waals surface area contributed by atoms with E-state index in [0.29, 0.717) is 18.0 Å². The first-order valence-corrected chi connectivity index (χ1v) is 8.95. The molecule has 2 aromatic heterocycles. The Morgan fingerprint density at radius 2 is 2.18 bits per heavy atom. The standard InChI is InChI=1S/C19H24N6O3/c1-13(2)25-12-21-22-18(25)11-24(3)19(26)20-10-15-9-17(28-23-15)14-6-5-7-16(8-14)27-4/h5-9,12-13H,10-11H2,1-4H3,(H,20,26). The molecule has 9 nitrogen and oxygen atoms in total. The lowest BCUT2D eigenvalue weighted by Crippen LogP contribution is -2.37. The van der Waals surface area contributed by atoms with E-state index in [9.17, 15) is 4.79 Å². The summed E-state index contributed by atoms with van der Waals surface area (Å²) in [4.78, 5) is 13.9. The highest BCUT2D eigenvalue weighted by Crippen LogP contribution is 2.24. The maximum Gasteiger partial charge on any atom is 0.317 e. The van der Waals surface area contributed by atoms with E-state index in [0.717, 1.165) is 17.1 Å². The van der Waals surface area contributed by atoms with Crippen molar-refractivity contribution in [3.63, 3.8) is 0 Å². The fourth-order valence-electron chi connectivity index (χ4n) is 2.70. The van der Waals surface area contributed by atoms with Gasteiger partial charge in [0.05, 0.1) is 20.2 Å². The van der Waals surface area contributed by atoms with E-state index in [1.165, 1.54) is 0 Å². The molecule has 0 radical (unpaired) electrons. The van der Waals surface area contributed by atoms with Gasteiger partial charge in [-0.25, -0.2) is 4.79 Å². The number of rotatable bonds is 7. The largest absolute Gasteiger partial charge is 0.497 e. The average Bonchev–Trinajstić information content (AvgIpc) is 3.35. The quantitative estimate of drug-likeness (QED) is 0.673. The van der Waals surface area contributed by atoms with Crippen molar-refractivity contribution in [2.75, 3.05) is 14.2 Å². The molecule has 0 spiro atoms. The van der Waals surface area contributed by atoms with Gasteiger partial charge in [-0.15, -0.1) is 10.2 Å². The summed E-state index contributed by atoms with van der Waals surface area (Å²) < 4.78 is 12.5. The molecule has 0 aliphatic rings. The molecule has 0 saturated heterocycles. The van der Waals surface area contributed by atoms with Crippen LogP contribution in [0.15, 0.2) is 41.2 Å². The molecule has 0 saturated carbocycles. The monoisotopic (exact) mass is 384 g/mol. The summed E-state index contributed by atoms with van der Waals surface area (Å²) in [6.07, 6.45) is 1.67. The lowest BCUT2D eigenvalue weighted by molar-refractivity contribution is 0.204. The molecule has 3 rings (SSSR count). The van der Waals surface area contributed by atoms with Gasteiger partial charge in [-0.3, -0.25) is 0 Å². The highest BCUT2D eigenvalue weighted by molar-refractivity contribution is 5.73. The minimum atomic E-state index is -0.232. The second-order valence-electron chi connectivity index (χ2n) is 6.68. The van der Waals surface area contributed by atoms with Gasteiger partial charge < -0.3 is 24.0 Å². The Bertz CT molecular complexity index is 933. The third-order valence-electron chi connectivity index (χ3n) is 4.26. The highest BCUT2D eigenvalue weighted by Gasteiger charge is 2.15. The first kappa shape index (κ1) is 19.4. The van der Waals surface area contributed by atoms with Gasteiger partial charge in [0.25, 0.3) is 0 Å². The molecule has 28 heavy (non-hydrogen) atoms. The van der Waals surface area contributed by atoms with E-state index < -0.39 is 0 Å². The Labute approximate surface area is 163 Å². The van der Waals surface area contributed by atoms with Gasteiger partial charge in [-0.05, 0) is 26.0 Å². The van der Waals surface area contributed by atoms with Crippen molar-refractivity contribution in [1.29, 1.82) is 0 Å². The molecule has 0 fully saturated rings. The van der Waals surface area contributed by atoms with Crippen LogP contribution >= 0.6 is 0 Å². The van der Waals surface area contributed by atoms with Gasteiger partial charge in [-0.2, -0.15) is 0 Å². The number of aromatic nitrogens is 4. The van der Waals surface area contributed by atoms with Crippen LogP contribution in [0.2, 0.25) is 0 Å². The number of nitrogens with zero attached hydrogens (tertiary/aromatic N) is 5. The van der Waals surface area contributed by atoms with Gasteiger partial charge in [0.1, 0.15) is 17.8 Å². The average molecular weight is 384 g/mol. The minimum absolute atomic E-state index is 0.228. The Morgan fingerprint density at radius 3 is 2.93 bits per heavy atom. The molecule has 3 aromatic rings. The van der Waals surface area contributed by atoms with Crippen LogP contribution in [0.3, 0.4) is 0 Å². The molecular weight excluding hydrogens is 360 g/mol. The van der Waals surface area contributed by atoms with Gasteiger partial charge in [0.2, 0.25) is 0 Å². The first-order chi connectivity index (χ1) is 13.5. The van der Waals surface area contributed by atoms with Crippen LogP contribution < -0.4 is 10.1 Å². The third-order valence-corrected chi connectivity index (χ3v) is 4.26. The molecule has 0 unspecified atom stereocenters. The van der Waals surface area contributed by atoms with Crippen LogP contribution in [0.4, 0.5) is 4.79 Å². The number of nitrogens with one attached hydrogen (secondary N) is 1. The third kappa shape index (κ3) is 4.48. The van der Waals surface area contributed by atoms with Crippen molar-refractivity contribution < 1.29 is 14.1 Å². The second-order valence-corrected chi connectivity index (χ2v) is 6.68. The zero-order chi connectivity index (χ0) is 20.1. The summed E-state index contributed by atoms with van der Waals surface area (Å²) in [6.45, 7) is 4.69. The molecule has 2 heterocycles. The number of carbonyl (C=O) groups is 1. The number of urea groups is 1. The summed E-state index contributed by atoms with van der Waals surface area (Å²) in [5, 5.41) is 14.8. The molecule has 2 amide bonds. The first-order valence-electron chi connectivity index (χ1n) is 8.95. The Balaban J connectivity index is 1.57. The summed E-state index contributed by atoms with van der Waals surface area (Å²) >= 11 is 0. The van der Waals surface area contributed by atoms with Crippen molar-refractivity contribution in [3.05, 3.63) is 48.2 Å². The fraction of sp³-hybridized carbons (Fsp3) is 0.368. The van der Waals surface area contributed by atoms with E-state index in [4.69, 9.17) is 9.26 Å². The van der Waals surface area contributed by atoms with Gasteiger partial charge in [0, 0.05) is 24.7 Å². The smallest absolute Gasteiger partial charge is 0.317 e. The van der Waals surface area contributed by atoms with Gasteiger partial charge in [-0.1, -0.05) is 17.3 Å². The van der Waals surface area contributed by atoms with Crippen molar-refractivity contribution in [2.24, 2.45) is 0 Å². The molecule has 148 valence electrons. The summed E-state index contributed by atoms with van der Waals surface area (Å²) in [6, 6.07) is 9.30. The second kappa shape index (κ2) is 8.55. The van der Waals surface area contributed by atoms with E-state index in [1.54, 1.807) is 31.5 Å². The molecular formula is C19H24N6O3. The molecule has 1 N–H and O–H groups in total. The lowest BCUT2D eigenvalue weighted by Gasteiger charge is -2.18. The molecule has 0 atom stereocenters. The Hall–Kier alpha value is -3.36. The van der Waals surface area contributed by atoms with E-state index in [1.807, 2.05) is 42.7 Å². The molecule has 1 aromatic carbocycles. The van der Waals surface area contributed by atoms with E-state index in [-0.39, 0.29) is 18.6 Å². The van der Waals surface area contributed by atoms with Gasteiger partial charge >= 0.3 is 6.03 Å². The van der Waals surface area contributed by atoms with Crippen molar-refractivity contribution in [3.8, 4) is 17.1 Å². The number of methoxy groups -OCH3 is 1. The van der Waals surface area contributed by atoms with Crippen LogP contribution in [-0.2, 0) is 13.1 Å². The number of hydrogen-bond donors (Lipinski definition) is 1. The van der Waals surface area contributed by atoms with Crippen LogP contribution in [0.25, 0.3) is 11.3 Å². The summed E-state index contributed by atoms with van der Waals surface area (Å²) in [7, 11) is 3.32. The van der Waals surface area contributed by atoms with E-state index >= 15 is 0 Å². The zero-order valence-corrected chi connectivity index (χ0v) is 16.4. The number of hydrogen-bond acceptors (Lipinski definition) is 6. The van der Waals surface area contributed by atoms with Crippen molar-refractivity contribution in [2.45, 2.75) is 33.0 Å². The zero-order valence-electron chi connectivity index (χ0n) is 16.4. The predicted octanol–water partition coefficient (Wildman–Crippen LogP) is 2.86.